The van der Waals surface area contributed by atoms with Gasteiger partial charge in [0.25, 0.3) is 0 Å². The fourth-order valence-corrected chi connectivity index (χ4v) is 4.86. The number of nitrogens with one attached hydrogen (secondary N) is 1. The summed E-state index contributed by atoms with van der Waals surface area (Å²) in [5.41, 5.74) is 1.45. The van der Waals surface area contributed by atoms with Gasteiger partial charge >= 0.3 is 0 Å². The summed E-state index contributed by atoms with van der Waals surface area (Å²) >= 11 is 6.38. The maximum absolute atomic E-state index is 12.7. The van der Waals surface area contributed by atoms with Gasteiger partial charge in [-0.05, 0) is 44.5 Å². The van der Waals surface area contributed by atoms with E-state index in [9.17, 15) is 8.42 Å². The Morgan fingerprint density at radius 2 is 1.96 bits per heavy atom. The lowest BCUT2D eigenvalue weighted by Gasteiger charge is -2.28. The number of benzene rings is 1. The van der Waals surface area contributed by atoms with Crippen LogP contribution in [0.25, 0.3) is 0 Å². The average Bonchev–Trinajstić information content (AvgIpc) is 3.19. The molecule has 0 aliphatic carbocycles. The van der Waals surface area contributed by atoms with Crippen molar-refractivity contribution in [2.75, 3.05) is 19.6 Å². The zero-order chi connectivity index (χ0) is 18.0. The van der Waals surface area contributed by atoms with Gasteiger partial charge in [-0.1, -0.05) is 29.8 Å². The number of hydrogen-bond donors (Lipinski definition) is 1. The van der Waals surface area contributed by atoms with Crippen LogP contribution in [0.15, 0.2) is 35.4 Å². The second-order valence-electron chi connectivity index (χ2n) is 6.38. The van der Waals surface area contributed by atoms with Crippen molar-refractivity contribution < 1.29 is 8.42 Å². The summed E-state index contributed by atoms with van der Waals surface area (Å²) < 4.78 is 29.6. The summed E-state index contributed by atoms with van der Waals surface area (Å²) in [5, 5.41) is 4.78. The van der Waals surface area contributed by atoms with Crippen molar-refractivity contribution in [1.82, 2.24) is 19.4 Å². The van der Waals surface area contributed by atoms with Crippen molar-refractivity contribution in [3.05, 3.63) is 46.7 Å². The van der Waals surface area contributed by atoms with Crippen LogP contribution in [0.2, 0.25) is 5.02 Å². The van der Waals surface area contributed by atoms with Crippen molar-refractivity contribution >= 4 is 21.6 Å². The quantitative estimate of drug-likeness (QED) is 0.833. The summed E-state index contributed by atoms with van der Waals surface area (Å²) in [6.07, 6.45) is 3.77. The van der Waals surface area contributed by atoms with Gasteiger partial charge in [-0.25, -0.2) is 13.1 Å². The molecule has 136 valence electrons. The van der Waals surface area contributed by atoms with Crippen LogP contribution >= 0.6 is 11.6 Å². The fraction of sp³-hybridized carbons (Fsp3) is 0.471. The van der Waals surface area contributed by atoms with Gasteiger partial charge in [-0.2, -0.15) is 5.10 Å². The Hall–Kier alpha value is -1.41. The first kappa shape index (κ1) is 18.4. The van der Waals surface area contributed by atoms with Crippen LogP contribution < -0.4 is 4.72 Å². The first-order valence-electron chi connectivity index (χ1n) is 8.37. The van der Waals surface area contributed by atoms with Gasteiger partial charge in [-0.3, -0.25) is 9.58 Å². The maximum Gasteiger partial charge on any atom is 0.244 e. The molecular weight excluding hydrogens is 360 g/mol. The molecule has 1 N–H and O–H groups in total. The Labute approximate surface area is 153 Å². The number of aryl methyl sites for hydroxylation is 2. The van der Waals surface area contributed by atoms with E-state index in [0.717, 1.165) is 31.5 Å². The molecule has 8 heteroatoms. The monoisotopic (exact) mass is 382 g/mol. The standard InChI is InChI=1S/C17H23ClN4O2S/c1-13-17(12-21(2)20-13)25(23,24)19-11-16(22-9-5-6-10-22)14-7-3-4-8-15(14)18/h3-4,7-8,12,16,19H,5-6,9-11H2,1-2H3/t16-/m0/s1. The van der Waals surface area contributed by atoms with Gasteiger partial charge in [0.1, 0.15) is 4.90 Å². The predicted molar refractivity (Wildman–Crippen MR) is 98.1 cm³/mol. The minimum absolute atomic E-state index is 0.0806. The number of aromatic nitrogens is 2. The molecule has 2 heterocycles. The lowest BCUT2D eigenvalue weighted by Crippen LogP contribution is -2.37. The molecule has 0 amide bonds. The molecule has 1 atom stereocenters. The van der Waals surface area contributed by atoms with Crippen LogP contribution in [-0.2, 0) is 17.1 Å². The van der Waals surface area contributed by atoms with Gasteiger partial charge in [0.2, 0.25) is 10.0 Å². The van der Waals surface area contributed by atoms with E-state index in [2.05, 4.69) is 14.7 Å². The highest BCUT2D eigenvalue weighted by atomic mass is 35.5. The fourth-order valence-electron chi connectivity index (χ4n) is 3.34. The summed E-state index contributed by atoms with van der Waals surface area (Å²) in [7, 11) is -1.91. The largest absolute Gasteiger partial charge is 0.295 e. The molecule has 0 saturated carbocycles. The average molecular weight is 383 g/mol. The highest BCUT2D eigenvalue weighted by Crippen LogP contribution is 2.30. The zero-order valence-corrected chi connectivity index (χ0v) is 16.0. The Morgan fingerprint density at radius 1 is 1.28 bits per heavy atom. The summed E-state index contributed by atoms with van der Waals surface area (Å²) in [4.78, 5) is 2.51. The molecule has 1 saturated heterocycles. The number of likely N-dealkylation sites (tertiary alicyclic amines) is 1. The molecule has 1 aliphatic rings. The molecule has 0 unspecified atom stereocenters. The highest BCUT2D eigenvalue weighted by molar-refractivity contribution is 7.89. The van der Waals surface area contributed by atoms with Crippen LogP contribution in [0, 0.1) is 6.92 Å². The predicted octanol–water partition coefficient (Wildman–Crippen LogP) is 2.50. The molecule has 0 spiro atoms. The Kier molecular flexibility index (Phi) is 5.48. The van der Waals surface area contributed by atoms with Crippen molar-refractivity contribution in [2.45, 2.75) is 30.7 Å². The SMILES string of the molecule is Cc1nn(C)cc1S(=O)(=O)NC[C@@H](c1ccccc1Cl)N1CCCC1. The highest BCUT2D eigenvalue weighted by Gasteiger charge is 2.28. The molecule has 0 bridgehead atoms. The molecule has 25 heavy (non-hydrogen) atoms. The molecule has 1 aliphatic heterocycles. The Bertz CT molecular complexity index is 844. The number of hydrogen-bond acceptors (Lipinski definition) is 4. The topological polar surface area (TPSA) is 67.2 Å². The van der Waals surface area contributed by atoms with E-state index >= 15 is 0 Å². The van der Waals surface area contributed by atoms with Crippen LogP contribution in [0.5, 0.6) is 0 Å². The second kappa shape index (κ2) is 7.45. The van der Waals surface area contributed by atoms with Crippen molar-refractivity contribution in [2.24, 2.45) is 7.05 Å². The molecule has 6 nitrogen and oxygen atoms in total. The minimum Gasteiger partial charge on any atom is -0.295 e. The number of halogens is 1. The van der Waals surface area contributed by atoms with Crippen LogP contribution in [0.1, 0.15) is 30.1 Å². The first-order chi connectivity index (χ1) is 11.9. The van der Waals surface area contributed by atoms with E-state index in [4.69, 9.17) is 11.6 Å². The summed E-state index contributed by atoms with van der Waals surface area (Å²) in [5.74, 6) is 0. The lowest BCUT2D eigenvalue weighted by molar-refractivity contribution is 0.246. The summed E-state index contributed by atoms with van der Waals surface area (Å²) in [6.45, 7) is 3.87. The van der Waals surface area contributed by atoms with E-state index in [1.54, 1.807) is 14.0 Å². The zero-order valence-electron chi connectivity index (χ0n) is 14.4. The molecule has 1 fully saturated rings. The number of nitrogens with zero attached hydrogens (tertiary/aromatic N) is 3. The lowest BCUT2D eigenvalue weighted by atomic mass is 10.1. The number of sulfonamides is 1. The van der Waals surface area contributed by atoms with Gasteiger partial charge in [-0.15, -0.1) is 0 Å². The van der Waals surface area contributed by atoms with Gasteiger partial charge in [0.05, 0.1) is 5.69 Å². The van der Waals surface area contributed by atoms with Crippen molar-refractivity contribution in [3.63, 3.8) is 0 Å². The van der Waals surface area contributed by atoms with Crippen molar-refractivity contribution in [1.29, 1.82) is 0 Å². The Balaban J connectivity index is 1.83. The third-order valence-electron chi connectivity index (χ3n) is 4.57. The van der Waals surface area contributed by atoms with Crippen LogP contribution in [0.4, 0.5) is 0 Å². The number of rotatable bonds is 6. The van der Waals surface area contributed by atoms with E-state index in [0.29, 0.717) is 10.7 Å². The maximum atomic E-state index is 12.7. The molecule has 2 aromatic rings. The normalized spacial score (nSPS) is 17.1. The molecule has 1 aromatic carbocycles. The van der Waals surface area contributed by atoms with Crippen molar-refractivity contribution in [3.8, 4) is 0 Å². The van der Waals surface area contributed by atoms with Crippen LogP contribution in [-0.4, -0.2) is 42.7 Å². The van der Waals surface area contributed by atoms with E-state index in [1.807, 2.05) is 24.3 Å². The molecule has 0 radical (unpaired) electrons. The minimum atomic E-state index is -3.62. The van der Waals surface area contributed by atoms with E-state index < -0.39 is 10.0 Å². The van der Waals surface area contributed by atoms with Crippen LogP contribution in [0.3, 0.4) is 0 Å². The Morgan fingerprint density at radius 3 is 2.56 bits per heavy atom. The molecule has 1 aromatic heterocycles. The third kappa shape index (κ3) is 4.06. The first-order valence-corrected chi connectivity index (χ1v) is 10.2. The summed E-state index contributed by atoms with van der Waals surface area (Å²) in [6, 6.07) is 7.55. The molecule has 3 rings (SSSR count). The van der Waals surface area contributed by atoms with Gasteiger partial charge < -0.3 is 0 Å². The van der Waals surface area contributed by atoms with Gasteiger partial charge in [0, 0.05) is 30.9 Å². The molecular formula is C17H23ClN4O2S. The van der Waals surface area contributed by atoms with Gasteiger partial charge in [0.15, 0.2) is 0 Å². The van der Waals surface area contributed by atoms with E-state index in [1.165, 1.54) is 10.9 Å². The second-order valence-corrected chi connectivity index (χ2v) is 8.53. The van der Waals surface area contributed by atoms with E-state index in [-0.39, 0.29) is 17.5 Å². The third-order valence-corrected chi connectivity index (χ3v) is 6.44. The smallest absolute Gasteiger partial charge is 0.244 e.